The summed E-state index contributed by atoms with van der Waals surface area (Å²) in [6, 6.07) is 42.4. The van der Waals surface area contributed by atoms with Crippen LogP contribution in [0.1, 0.15) is 157 Å². The monoisotopic (exact) mass is 1780 g/mol. The van der Waals surface area contributed by atoms with Gasteiger partial charge in [-0.3, -0.25) is 28.9 Å². The van der Waals surface area contributed by atoms with Crippen molar-refractivity contribution in [3.05, 3.63) is 161 Å². The van der Waals surface area contributed by atoms with Gasteiger partial charge in [0.15, 0.2) is 0 Å². The van der Waals surface area contributed by atoms with Crippen LogP contribution in [0.5, 0.6) is 0 Å². The summed E-state index contributed by atoms with van der Waals surface area (Å²) < 4.78 is 5.53. The third kappa shape index (κ3) is 21.0. The van der Waals surface area contributed by atoms with E-state index in [9.17, 15) is 54.6 Å². The fourth-order valence-electron chi connectivity index (χ4n) is 24.5. The maximum Gasteiger partial charge on any atom is 0.410 e. The first-order valence-electron chi connectivity index (χ1n) is 47.7. The van der Waals surface area contributed by atoms with E-state index in [-0.39, 0.29) is 81.8 Å². The number of nitrogens with one attached hydrogen (secondary N) is 5. The lowest BCUT2D eigenvalue weighted by atomic mass is 9.45. The number of piperazine rings is 3. The van der Waals surface area contributed by atoms with Gasteiger partial charge in [-0.2, -0.15) is 15.2 Å². The number of nitrogens with zero attached hydrogens (tertiary/aromatic N) is 8. The summed E-state index contributed by atoms with van der Waals surface area (Å²) in [7, 11) is 0. The lowest BCUT2D eigenvalue weighted by Gasteiger charge is -2.62. The van der Waals surface area contributed by atoms with Crippen molar-refractivity contribution < 1.29 is 73.9 Å². The number of fused-ring (bicyclic) bond motifs is 6. The summed E-state index contributed by atoms with van der Waals surface area (Å²) in [4.78, 5) is 96.1. The molecular formula is C101H149N13O15. The van der Waals surface area contributed by atoms with Crippen molar-refractivity contribution in [1.29, 1.82) is 0 Å². The second kappa shape index (κ2) is 41.6. The van der Waals surface area contributed by atoms with Gasteiger partial charge in [-0.15, -0.1) is 0 Å². The zero-order valence-corrected chi connectivity index (χ0v) is 77.4. The smallest absolute Gasteiger partial charge is 0.410 e. The molecule has 0 radical (unpaired) electrons. The largest absolute Gasteiger partial charge is 0.445 e. The van der Waals surface area contributed by atoms with Crippen LogP contribution in [0.15, 0.2) is 133 Å². The van der Waals surface area contributed by atoms with Gasteiger partial charge in [0.05, 0.1) is 57.8 Å². The van der Waals surface area contributed by atoms with Gasteiger partial charge in [-0.05, 0) is 193 Å². The Morgan fingerprint density at radius 1 is 0.426 bits per heavy atom. The summed E-state index contributed by atoms with van der Waals surface area (Å²) >= 11 is 0. The predicted octanol–water partition coefficient (Wildman–Crippen LogP) is 9.58. The van der Waals surface area contributed by atoms with Crippen LogP contribution in [0.25, 0.3) is 0 Å². The van der Waals surface area contributed by atoms with E-state index in [1.807, 2.05) is 108 Å². The minimum atomic E-state index is -0.837. The summed E-state index contributed by atoms with van der Waals surface area (Å²) in [6.07, 6.45) is 1.93. The maximum absolute atomic E-state index is 14.0. The SMILES string of the molecule is C.C[C@@H]1[C@@H](NC(=O)[C@@H]2[C@H]([C@H](C)O)[C@H](CO)ON2Cc2cccc(N3CCN(C(=O)NCc4ccccc4)CC3)c2)C[C@H]2C[C@@H]1C2(C)C.C[C@@H]1[C@@H](NC(=O)[C@@H]2[C@H]([C@H](C)O)[C@H](CO)ON2Cc2cccc(N3CCN(C(=O)OCc4ccccc4)CC3)c2)C[C@H]2C[C@@H]1C2(C)C.C[C@@H]1[C@@H](NC(=O)[C@@H]2[C@H]([C@H](C)O)[C@H](CO)ON2Cc2cccc(N3CCNCC3)c2)C[C@H]2C[C@@H]1C2(C)C. The van der Waals surface area contributed by atoms with Crippen LogP contribution in [0.3, 0.4) is 0 Å². The zero-order chi connectivity index (χ0) is 90.8. The topological polar surface area (TPSA) is 330 Å². The Hall–Kier alpha value is -8.07. The van der Waals surface area contributed by atoms with Crippen molar-refractivity contribution in [3.63, 3.8) is 0 Å². The molecule has 5 aromatic carbocycles. The Labute approximate surface area is 764 Å². The highest BCUT2D eigenvalue weighted by atomic mass is 16.7. The number of aliphatic hydroxyl groups is 6. The van der Waals surface area contributed by atoms with Crippen LogP contribution in [0.4, 0.5) is 26.7 Å². The number of hydroxylamine groups is 6. The van der Waals surface area contributed by atoms with Crippen LogP contribution >= 0.6 is 0 Å². The van der Waals surface area contributed by atoms with Gasteiger partial charge in [0.1, 0.15) is 43.0 Å². The second-order valence-corrected chi connectivity index (χ2v) is 41.1. The van der Waals surface area contributed by atoms with Gasteiger partial charge < -0.3 is 86.5 Å². The number of carbonyl (C=O) groups is 5. The molecule has 24 atom stereocenters. The molecular weight excluding hydrogens is 1640 g/mol. The minimum Gasteiger partial charge on any atom is -0.445 e. The molecule has 15 aliphatic rings. The number of urea groups is 1. The van der Waals surface area contributed by atoms with Crippen molar-refractivity contribution in [2.75, 3.05) is 113 Å². The molecule has 0 spiro atoms. The summed E-state index contributed by atoms with van der Waals surface area (Å²) in [5.41, 5.74) is 9.22. The molecule has 28 nitrogen and oxygen atoms in total. The number of rotatable bonds is 25. The summed E-state index contributed by atoms with van der Waals surface area (Å²) in [5.74, 6) is 2.83. The fourth-order valence-corrected chi connectivity index (χ4v) is 24.5. The second-order valence-electron chi connectivity index (χ2n) is 41.1. The molecule has 0 unspecified atom stereocenters. The Balaban J connectivity index is 0.000000157. The van der Waals surface area contributed by atoms with Gasteiger partial charge in [0.2, 0.25) is 17.7 Å². The first-order chi connectivity index (χ1) is 61.3. The van der Waals surface area contributed by atoms with Crippen molar-refractivity contribution in [2.24, 2.45) is 87.3 Å². The maximum atomic E-state index is 14.0. The van der Waals surface area contributed by atoms with E-state index in [1.54, 1.807) is 40.9 Å². The van der Waals surface area contributed by atoms with E-state index < -0.39 is 72.5 Å². The number of hydrogen-bond donors (Lipinski definition) is 11. The molecule has 129 heavy (non-hydrogen) atoms. The van der Waals surface area contributed by atoms with Crippen molar-refractivity contribution in [1.82, 2.24) is 51.6 Å². The van der Waals surface area contributed by atoms with Gasteiger partial charge in [-0.25, -0.2) is 9.59 Å². The lowest BCUT2D eigenvalue weighted by molar-refractivity contribution is -0.183. The number of aliphatic hydroxyl groups excluding tert-OH is 6. The first kappa shape index (κ1) is 97.0. The number of ether oxygens (including phenoxy) is 1. The third-order valence-corrected chi connectivity index (χ3v) is 32.7. The van der Waals surface area contributed by atoms with Crippen LogP contribution in [-0.2, 0) is 66.4 Å². The molecule has 9 aliphatic carbocycles. The van der Waals surface area contributed by atoms with Crippen LogP contribution in [0, 0.1) is 87.3 Å². The number of benzene rings is 5. The highest BCUT2D eigenvalue weighted by Gasteiger charge is 2.61. The molecule has 6 amide bonds. The van der Waals surface area contributed by atoms with Crippen LogP contribution in [-0.4, -0.2) is 257 Å². The fraction of sp³-hybridized carbons (Fsp3) is 0.653. The first-order valence-corrected chi connectivity index (χ1v) is 47.7. The van der Waals surface area contributed by atoms with Gasteiger partial charge >= 0.3 is 12.1 Å². The molecule has 0 aromatic heterocycles. The highest BCUT2D eigenvalue weighted by molar-refractivity contribution is 5.84. The average molecular weight is 1790 g/mol. The molecule has 15 fully saturated rings. The number of hydrogen-bond acceptors (Lipinski definition) is 22. The number of amides is 6. The average Bonchev–Trinajstić information content (AvgIpc) is 1.22. The van der Waals surface area contributed by atoms with Gasteiger partial charge in [0.25, 0.3) is 0 Å². The van der Waals surface area contributed by atoms with E-state index in [0.29, 0.717) is 148 Å². The van der Waals surface area contributed by atoms with Crippen LogP contribution in [0.2, 0.25) is 0 Å². The Kier molecular flexibility index (Phi) is 31.3. The molecule has 6 saturated heterocycles. The molecule has 20 rings (SSSR count). The Morgan fingerprint density at radius 3 is 1.06 bits per heavy atom. The van der Waals surface area contributed by atoms with E-state index in [1.165, 1.54) is 19.3 Å². The standard InChI is InChI=1S/C36H51N5O5.C36H50N4O6.C28H44N4O4.CH4/c1-23-29-18-27(36(29,3)4)19-30(23)38-34(44)33-32(24(2)43)31(22-42)46-41(33)21-26-11-8-12-28(17-26)39-13-15-40(16-14-39)35(45)37-20-25-9-6-5-7-10-25;1-23-29-18-27(36(29,3)4)19-30(23)37-34(43)33-32(24(2)42)31(21-41)46-40(33)20-26-11-8-12-28(17-26)38-13-15-39(16-14-38)35(44)45-22-25-9-6-5-7-10-25;1-17-22-13-20(28(22,3)4)14-23(17)30-27(35)26-25(18(2)34)24(16-33)36-32(26)15-19-6-5-7-21(12-19)31-10-8-29-9-11-31;/h5-12,17,23-24,27,29-33,42-43H,13-16,18-22H2,1-4H3,(H,37,45)(H,38,44);5-12,17,23-24,27,29-33,41-42H,13-16,18-22H2,1-4H3,(H,37,43);5-7,12,17-18,20,22-26,29,33-34H,8-11,13-16H2,1-4H3,(H,30,35);1H4/t2*23-,24-,27+,29-,30-,31-,32+,33-;17-,18-,20+,22-,23-,24-,25+,26-;/m000./s1. The molecule has 6 bridgehead atoms. The van der Waals surface area contributed by atoms with Crippen molar-refractivity contribution in [2.45, 2.75) is 235 Å². The number of carbonyl (C=O) groups excluding carboxylic acids is 5. The van der Waals surface area contributed by atoms with E-state index >= 15 is 0 Å². The molecule has 5 aromatic rings. The van der Waals surface area contributed by atoms with E-state index in [4.69, 9.17) is 19.2 Å². The Bertz CT molecular complexity index is 4340. The molecule has 11 N–H and O–H groups in total. The quantitative estimate of drug-likeness (QED) is 0.0259. The Morgan fingerprint density at radius 2 is 0.744 bits per heavy atom. The molecule has 6 heterocycles. The summed E-state index contributed by atoms with van der Waals surface area (Å²) in [5, 5.41) is 84.0. The normalized spacial score (nSPS) is 32.5. The highest BCUT2D eigenvalue weighted by Crippen LogP contribution is 2.64. The molecule has 9 saturated carbocycles. The van der Waals surface area contributed by atoms with Crippen LogP contribution < -0.4 is 41.3 Å². The van der Waals surface area contributed by atoms with E-state index in [2.05, 4.69) is 134 Å². The van der Waals surface area contributed by atoms with Crippen molar-refractivity contribution >= 4 is 46.9 Å². The summed E-state index contributed by atoms with van der Waals surface area (Å²) in [6.45, 7) is 35.9. The molecule has 28 heteroatoms. The van der Waals surface area contributed by atoms with Gasteiger partial charge in [-0.1, -0.05) is 167 Å². The minimum absolute atomic E-state index is 0. The van der Waals surface area contributed by atoms with Crippen molar-refractivity contribution in [3.8, 4) is 0 Å². The van der Waals surface area contributed by atoms with Gasteiger partial charge in [0, 0.05) is 138 Å². The molecule has 6 aliphatic heterocycles. The zero-order valence-electron chi connectivity index (χ0n) is 77.4. The lowest BCUT2D eigenvalue weighted by Crippen LogP contribution is -2.62. The third-order valence-electron chi connectivity index (χ3n) is 32.7. The number of anilines is 3. The molecule has 708 valence electrons. The van der Waals surface area contributed by atoms with E-state index in [0.717, 1.165) is 90.3 Å². The predicted molar refractivity (Wildman–Crippen MR) is 497 cm³/mol.